The molecule has 9 nitrogen and oxygen atoms in total. The van der Waals surface area contributed by atoms with Crippen LogP contribution in [0.4, 0.5) is 4.79 Å². The molecule has 150 valence electrons. The number of carbonyl (C=O) groups is 1. The van der Waals surface area contributed by atoms with Gasteiger partial charge in [-0.15, -0.1) is 10.2 Å². The van der Waals surface area contributed by atoms with E-state index >= 15 is 0 Å². The van der Waals surface area contributed by atoms with Crippen LogP contribution >= 0.6 is 0 Å². The second-order valence-electron chi connectivity index (χ2n) is 7.50. The number of amides is 1. The van der Waals surface area contributed by atoms with Crippen molar-refractivity contribution in [2.75, 3.05) is 33.9 Å². The number of hydrogen-bond acceptors (Lipinski definition) is 7. The molecule has 0 radical (unpaired) electrons. The molecule has 0 N–H and O–H groups in total. The predicted octanol–water partition coefficient (Wildman–Crippen LogP) is 1.56. The lowest BCUT2D eigenvalue weighted by Gasteiger charge is -2.48. The summed E-state index contributed by atoms with van der Waals surface area (Å²) in [6.07, 6.45) is 3.26. The normalized spacial score (nSPS) is 18.8. The Labute approximate surface area is 164 Å². The maximum atomic E-state index is 12.2. The van der Waals surface area contributed by atoms with Gasteiger partial charge in [-0.3, -0.25) is 9.80 Å². The smallest absolute Gasteiger partial charge is 0.409 e. The number of aryl methyl sites for hydroxylation is 1. The highest BCUT2D eigenvalue weighted by Gasteiger charge is 2.45. The van der Waals surface area contributed by atoms with Gasteiger partial charge < -0.3 is 14.0 Å². The Morgan fingerprint density at radius 3 is 2.75 bits per heavy atom. The molecule has 0 aliphatic carbocycles. The summed E-state index contributed by atoms with van der Waals surface area (Å²) < 4.78 is 12.6. The van der Waals surface area contributed by atoms with Crippen molar-refractivity contribution < 1.29 is 14.3 Å². The highest BCUT2D eigenvalue weighted by atomic mass is 16.5. The van der Waals surface area contributed by atoms with Crippen LogP contribution in [0.15, 0.2) is 18.3 Å². The van der Waals surface area contributed by atoms with Gasteiger partial charge in [-0.1, -0.05) is 6.07 Å². The van der Waals surface area contributed by atoms with Crippen LogP contribution in [0, 0.1) is 6.92 Å². The molecule has 2 aromatic rings. The van der Waals surface area contributed by atoms with Gasteiger partial charge in [0.05, 0.1) is 26.3 Å². The molecule has 0 bridgehead atoms. The van der Waals surface area contributed by atoms with Crippen LogP contribution in [0.2, 0.25) is 0 Å². The first-order chi connectivity index (χ1) is 13.6. The average Bonchev–Trinajstić information content (AvgIpc) is 3.11. The van der Waals surface area contributed by atoms with E-state index in [4.69, 9.17) is 9.47 Å². The summed E-state index contributed by atoms with van der Waals surface area (Å²) in [6.45, 7) is 5.65. The minimum Gasteiger partial charge on any atom is -0.481 e. The summed E-state index contributed by atoms with van der Waals surface area (Å²) in [5, 5.41) is 8.58. The lowest BCUT2D eigenvalue weighted by molar-refractivity contribution is 0.0318. The summed E-state index contributed by atoms with van der Waals surface area (Å²) in [7, 11) is 3.07. The number of piperidine rings is 1. The van der Waals surface area contributed by atoms with Gasteiger partial charge in [0.1, 0.15) is 5.82 Å². The van der Waals surface area contributed by atoms with Crippen molar-refractivity contribution >= 4 is 6.09 Å². The second-order valence-corrected chi connectivity index (χ2v) is 7.50. The first-order valence-electron chi connectivity index (χ1n) is 9.51. The summed E-state index contributed by atoms with van der Waals surface area (Å²) in [5.74, 6) is 2.41. The lowest BCUT2D eigenvalue weighted by Crippen LogP contribution is -2.57. The fourth-order valence-electron chi connectivity index (χ4n) is 4.51. The van der Waals surface area contributed by atoms with Gasteiger partial charge in [0.15, 0.2) is 5.82 Å². The van der Waals surface area contributed by atoms with Gasteiger partial charge in [0.2, 0.25) is 5.88 Å². The van der Waals surface area contributed by atoms with E-state index in [1.165, 1.54) is 7.11 Å². The number of rotatable bonds is 3. The van der Waals surface area contributed by atoms with E-state index in [9.17, 15) is 4.79 Å². The van der Waals surface area contributed by atoms with E-state index in [1.807, 2.05) is 13.0 Å². The van der Waals surface area contributed by atoms with Crippen LogP contribution < -0.4 is 4.74 Å². The van der Waals surface area contributed by atoms with Crippen molar-refractivity contribution in [2.24, 2.45) is 0 Å². The van der Waals surface area contributed by atoms with Crippen LogP contribution in [0.1, 0.15) is 30.1 Å². The zero-order chi connectivity index (χ0) is 19.7. The Kier molecular flexibility index (Phi) is 4.92. The van der Waals surface area contributed by atoms with Gasteiger partial charge >= 0.3 is 6.09 Å². The fourth-order valence-corrected chi connectivity index (χ4v) is 4.51. The Bertz CT molecular complexity index is 859. The molecule has 1 fully saturated rings. The first kappa shape index (κ1) is 18.7. The van der Waals surface area contributed by atoms with Crippen molar-refractivity contribution in [3.8, 4) is 5.88 Å². The van der Waals surface area contributed by atoms with Crippen LogP contribution in [-0.2, 0) is 23.4 Å². The molecular formula is C19H26N6O3. The van der Waals surface area contributed by atoms with Crippen LogP contribution in [0.3, 0.4) is 0 Å². The number of aromatic nitrogens is 4. The number of hydrogen-bond donors (Lipinski definition) is 0. The van der Waals surface area contributed by atoms with Crippen molar-refractivity contribution in [1.29, 1.82) is 0 Å². The van der Waals surface area contributed by atoms with E-state index in [2.05, 4.69) is 30.7 Å². The first-order valence-corrected chi connectivity index (χ1v) is 9.51. The molecule has 0 aromatic carbocycles. The molecule has 2 aliphatic rings. The van der Waals surface area contributed by atoms with Crippen molar-refractivity contribution in [2.45, 2.75) is 38.4 Å². The van der Waals surface area contributed by atoms with Gasteiger partial charge in [0.25, 0.3) is 0 Å². The molecule has 2 aliphatic heterocycles. The molecule has 1 spiro atoms. The molecule has 2 aromatic heterocycles. The van der Waals surface area contributed by atoms with Gasteiger partial charge in [-0.05, 0) is 25.8 Å². The molecule has 4 rings (SSSR count). The third-order valence-electron chi connectivity index (χ3n) is 5.84. The Morgan fingerprint density at radius 2 is 2.04 bits per heavy atom. The zero-order valence-corrected chi connectivity index (χ0v) is 16.6. The number of pyridine rings is 1. The topological polar surface area (TPSA) is 85.6 Å². The number of fused-ring (bicyclic) bond motifs is 2. The molecule has 0 unspecified atom stereocenters. The van der Waals surface area contributed by atoms with E-state index in [-0.39, 0.29) is 11.6 Å². The fraction of sp³-hybridized carbons (Fsp3) is 0.579. The molecule has 1 amide bonds. The van der Waals surface area contributed by atoms with Crippen LogP contribution in [-0.4, -0.2) is 69.5 Å². The minimum atomic E-state index is -0.311. The number of nitrogens with zero attached hydrogens (tertiary/aromatic N) is 6. The summed E-state index contributed by atoms with van der Waals surface area (Å²) in [6, 6.07) is 3.99. The highest BCUT2D eigenvalue weighted by molar-refractivity contribution is 5.67. The largest absolute Gasteiger partial charge is 0.481 e. The van der Waals surface area contributed by atoms with Crippen LogP contribution in [0.5, 0.6) is 5.88 Å². The summed E-state index contributed by atoms with van der Waals surface area (Å²) in [5.41, 5.74) is 0.896. The third kappa shape index (κ3) is 3.19. The van der Waals surface area contributed by atoms with Gasteiger partial charge in [-0.25, -0.2) is 9.78 Å². The van der Waals surface area contributed by atoms with E-state index in [0.29, 0.717) is 19.0 Å². The van der Waals surface area contributed by atoms with Crippen LogP contribution in [0.25, 0.3) is 0 Å². The van der Waals surface area contributed by atoms with Gasteiger partial charge in [-0.2, -0.15) is 0 Å². The molecule has 0 saturated carbocycles. The van der Waals surface area contributed by atoms with E-state index in [0.717, 1.165) is 49.7 Å². The van der Waals surface area contributed by atoms with Crippen molar-refractivity contribution in [1.82, 2.24) is 29.5 Å². The quantitative estimate of drug-likeness (QED) is 0.791. The third-order valence-corrected chi connectivity index (χ3v) is 5.84. The standard InChI is InChI=1S/C19H26N6O3/c1-14-21-22-16-12-24(18(26)28-3)13-19(25(14)16)6-9-23(10-7-19)11-15-5-4-8-20-17(15)27-2/h4-5,8H,6-7,9-13H2,1-3H3. The maximum absolute atomic E-state index is 12.2. The molecular weight excluding hydrogens is 360 g/mol. The van der Waals surface area contributed by atoms with Crippen molar-refractivity contribution in [3.63, 3.8) is 0 Å². The minimum absolute atomic E-state index is 0.190. The SMILES string of the molecule is COC(=O)N1Cc2nnc(C)n2C2(CCN(Cc3cccnc3OC)CC2)C1. The Morgan fingerprint density at radius 1 is 1.25 bits per heavy atom. The molecule has 0 atom stereocenters. The van der Waals surface area contributed by atoms with Gasteiger partial charge in [0, 0.05) is 37.9 Å². The van der Waals surface area contributed by atoms with Crippen molar-refractivity contribution in [3.05, 3.63) is 35.5 Å². The van der Waals surface area contributed by atoms with E-state index in [1.54, 1.807) is 18.2 Å². The predicted molar refractivity (Wildman–Crippen MR) is 101 cm³/mol. The number of methoxy groups -OCH3 is 2. The summed E-state index contributed by atoms with van der Waals surface area (Å²) in [4.78, 5) is 20.6. The Hall–Kier alpha value is -2.68. The maximum Gasteiger partial charge on any atom is 0.409 e. The average molecular weight is 386 g/mol. The number of likely N-dealkylation sites (tertiary alicyclic amines) is 1. The Balaban J connectivity index is 1.53. The van der Waals surface area contributed by atoms with E-state index < -0.39 is 0 Å². The molecule has 1 saturated heterocycles. The number of carbonyl (C=O) groups excluding carboxylic acids is 1. The molecule has 4 heterocycles. The monoisotopic (exact) mass is 386 g/mol. The molecule has 9 heteroatoms. The lowest BCUT2D eigenvalue weighted by atomic mass is 9.84. The zero-order valence-electron chi connectivity index (χ0n) is 16.6. The second kappa shape index (κ2) is 7.38. The number of ether oxygens (including phenoxy) is 2. The highest BCUT2D eigenvalue weighted by Crippen LogP contribution is 2.37. The molecule has 28 heavy (non-hydrogen) atoms. The summed E-state index contributed by atoms with van der Waals surface area (Å²) >= 11 is 0.